The first-order valence-corrected chi connectivity index (χ1v) is 5.75. The molecule has 0 fully saturated rings. The monoisotopic (exact) mass is 242 g/mol. The van der Waals surface area contributed by atoms with Crippen LogP contribution in [-0.2, 0) is 9.59 Å². The van der Waals surface area contributed by atoms with Crippen molar-refractivity contribution in [2.24, 2.45) is 5.73 Å². The minimum atomic E-state index is -0.300. The topological polar surface area (TPSA) is 63.4 Å². The Morgan fingerprint density at radius 2 is 1.67 bits per heavy atom. The molecular weight excluding hydrogens is 228 g/mol. The molecule has 1 aliphatic heterocycles. The molecule has 0 aromatic heterocycles. The number of amides is 2. The number of benzene rings is 1. The molecule has 0 bridgehead atoms. The summed E-state index contributed by atoms with van der Waals surface area (Å²) in [6.45, 7) is 0.622. The van der Waals surface area contributed by atoms with E-state index in [4.69, 9.17) is 5.73 Å². The summed E-state index contributed by atoms with van der Waals surface area (Å²) in [4.78, 5) is 24.1. The quantitative estimate of drug-likeness (QED) is 0.813. The number of nitrogens with two attached hydrogens (primary N) is 1. The van der Waals surface area contributed by atoms with E-state index in [2.05, 4.69) is 0 Å². The summed E-state index contributed by atoms with van der Waals surface area (Å²) in [5.74, 6) is -0.599. The Morgan fingerprint density at radius 3 is 2.22 bits per heavy atom. The van der Waals surface area contributed by atoms with Crippen molar-refractivity contribution >= 4 is 23.6 Å². The molecular formula is C14H14N2O2. The lowest BCUT2D eigenvalue weighted by atomic mass is 10.1. The maximum Gasteiger partial charge on any atom is 0.258 e. The second kappa shape index (κ2) is 5.42. The summed E-state index contributed by atoms with van der Waals surface area (Å²) in [7, 11) is 0. The van der Waals surface area contributed by atoms with Gasteiger partial charge in [0.1, 0.15) is 0 Å². The molecule has 0 saturated heterocycles. The van der Waals surface area contributed by atoms with E-state index in [9.17, 15) is 9.59 Å². The van der Waals surface area contributed by atoms with Crippen molar-refractivity contribution in [1.29, 1.82) is 0 Å². The van der Waals surface area contributed by atoms with E-state index in [-0.39, 0.29) is 11.8 Å². The van der Waals surface area contributed by atoms with Crippen LogP contribution in [0, 0.1) is 0 Å². The van der Waals surface area contributed by atoms with Gasteiger partial charge in [-0.05, 0) is 30.7 Å². The van der Waals surface area contributed by atoms with E-state index in [1.807, 2.05) is 24.3 Å². The Labute approximate surface area is 105 Å². The van der Waals surface area contributed by atoms with E-state index in [0.29, 0.717) is 12.2 Å². The Hall–Kier alpha value is -2.20. The van der Waals surface area contributed by atoms with Crippen LogP contribution in [-0.4, -0.2) is 18.4 Å². The molecule has 2 rings (SSSR count). The third-order valence-electron chi connectivity index (χ3n) is 2.60. The van der Waals surface area contributed by atoms with Crippen LogP contribution in [0.1, 0.15) is 12.0 Å². The van der Waals surface area contributed by atoms with E-state index >= 15 is 0 Å². The SMILES string of the molecule is NCCC=Cc1ccc(N2C(=O)C=CC2=O)cc1. The lowest BCUT2D eigenvalue weighted by Crippen LogP contribution is -2.29. The molecule has 1 aromatic rings. The first-order chi connectivity index (χ1) is 8.72. The first-order valence-electron chi connectivity index (χ1n) is 5.75. The zero-order valence-electron chi connectivity index (χ0n) is 9.87. The molecule has 0 aliphatic carbocycles. The molecule has 0 radical (unpaired) electrons. The van der Waals surface area contributed by atoms with Crippen LogP contribution in [0.3, 0.4) is 0 Å². The average molecular weight is 242 g/mol. The van der Waals surface area contributed by atoms with Crippen LogP contribution in [0.5, 0.6) is 0 Å². The van der Waals surface area contributed by atoms with Gasteiger partial charge in [0.05, 0.1) is 5.69 Å². The van der Waals surface area contributed by atoms with Crippen LogP contribution < -0.4 is 10.6 Å². The van der Waals surface area contributed by atoms with Gasteiger partial charge in [-0.2, -0.15) is 0 Å². The number of carbonyl (C=O) groups excluding carboxylic acids is 2. The smallest absolute Gasteiger partial charge is 0.258 e. The highest BCUT2D eigenvalue weighted by Gasteiger charge is 2.24. The number of hydrogen-bond donors (Lipinski definition) is 1. The van der Waals surface area contributed by atoms with Gasteiger partial charge >= 0.3 is 0 Å². The molecule has 0 spiro atoms. The van der Waals surface area contributed by atoms with Gasteiger partial charge in [-0.15, -0.1) is 0 Å². The zero-order valence-corrected chi connectivity index (χ0v) is 9.87. The highest BCUT2D eigenvalue weighted by molar-refractivity contribution is 6.28. The normalized spacial score (nSPS) is 15.1. The summed E-state index contributed by atoms with van der Waals surface area (Å²) < 4.78 is 0. The van der Waals surface area contributed by atoms with Crippen molar-refractivity contribution in [3.63, 3.8) is 0 Å². The number of hydrogen-bond acceptors (Lipinski definition) is 3. The maximum atomic E-state index is 11.5. The number of rotatable bonds is 4. The predicted molar refractivity (Wildman–Crippen MR) is 70.8 cm³/mol. The van der Waals surface area contributed by atoms with Gasteiger partial charge in [-0.3, -0.25) is 9.59 Å². The largest absolute Gasteiger partial charge is 0.330 e. The summed E-state index contributed by atoms with van der Waals surface area (Å²) in [5, 5.41) is 0. The van der Waals surface area contributed by atoms with Crippen LogP contribution >= 0.6 is 0 Å². The van der Waals surface area contributed by atoms with Gasteiger partial charge in [0.2, 0.25) is 0 Å². The number of imide groups is 1. The first kappa shape index (κ1) is 12.3. The Morgan fingerprint density at radius 1 is 1.06 bits per heavy atom. The molecule has 4 nitrogen and oxygen atoms in total. The highest BCUT2D eigenvalue weighted by Crippen LogP contribution is 2.19. The zero-order chi connectivity index (χ0) is 13.0. The van der Waals surface area contributed by atoms with E-state index in [1.54, 1.807) is 12.1 Å². The van der Waals surface area contributed by atoms with Gasteiger partial charge in [0.15, 0.2) is 0 Å². The third kappa shape index (κ3) is 2.55. The molecule has 1 aromatic carbocycles. The highest BCUT2D eigenvalue weighted by atomic mass is 16.2. The molecule has 0 saturated carbocycles. The van der Waals surface area contributed by atoms with Crippen molar-refractivity contribution in [3.05, 3.63) is 48.1 Å². The number of carbonyl (C=O) groups is 2. The van der Waals surface area contributed by atoms with Gasteiger partial charge < -0.3 is 5.73 Å². The maximum absolute atomic E-state index is 11.5. The number of nitrogens with zero attached hydrogens (tertiary/aromatic N) is 1. The van der Waals surface area contributed by atoms with Gasteiger partial charge in [0, 0.05) is 12.2 Å². The Bertz CT molecular complexity index is 497. The van der Waals surface area contributed by atoms with Crippen molar-refractivity contribution in [2.45, 2.75) is 6.42 Å². The summed E-state index contributed by atoms with van der Waals surface area (Å²) >= 11 is 0. The average Bonchev–Trinajstić information content (AvgIpc) is 2.71. The fourth-order valence-corrected chi connectivity index (χ4v) is 1.70. The molecule has 2 N–H and O–H groups in total. The summed E-state index contributed by atoms with van der Waals surface area (Å²) in [6, 6.07) is 7.23. The van der Waals surface area contributed by atoms with Gasteiger partial charge in [0.25, 0.3) is 11.8 Å². The lowest BCUT2D eigenvalue weighted by molar-refractivity contribution is -0.119. The summed E-state index contributed by atoms with van der Waals surface area (Å²) in [6.07, 6.45) is 7.33. The Balaban J connectivity index is 2.13. The second-order valence-corrected chi connectivity index (χ2v) is 3.92. The number of anilines is 1. The van der Waals surface area contributed by atoms with Crippen molar-refractivity contribution < 1.29 is 9.59 Å². The second-order valence-electron chi connectivity index (χ2n) is 3.92. The lowest BCUT2D eigenvalue weighted by Gasteiger charge is -2.13. The predicted octanol–water partition coefficient (Wildman–Crippen LogP) is 1.48. The third-order valence-corrected chi connectivity index (χ3v) is 2.60. The molecule has 2 amide bonds. The molecule has 0 unspecified atom stereocenters. The fourth-order valence-electron chi connectivity index (χ4n) is 1.70. The van der Waals surface area contributed by atoms with Crippen molar-refractivity contribution in [3.8, 4) is 0 Å². The molecule has 4 heteroatoms. The van der Waals surface area contributed by atoms with E-state index in [1.165, 1.54) is 12.2 Å². The standard InChI is InChI=1S/C14H14N2O2/c15-10-2-1-3-11-4-6-12(7-5-11)16-13(17)8-9-14(16)18/h1,3-9H,2,10,15H2. The van der Waals surface area contributed by atoms with Crippen molar-refractivity contribution in [2.75, 3.05) is 11.4 Å². The molecule has 0 atom stereocenters. The van der Waals surface area contributed by atoms with Crippen molar-refractivity contribution in [1.82, 2.24) is 0 Å². The minimum Gasteiger partial charge on any atom is -0.330 e. The molecule has 92 valence electrons. The van der Waals surface area contributed by atoms with Crippen LogP contribution in [0.4, 0.5) is 5.69 Å². The van der Waals surface area contributed by atoms with Crippen LogP contribution in [0.2, 0.25) is 0 Å². The molecule has 18 heavy (non-hydrogen) atoms. The van der Waals surface area contributed by atoms with Gasteiger partial charge in [-0.25, -0.2) is 4.90 Å². The van der Waals surface area contributed by atoms with E-state index in [0.717, 1.165) is 16.9 Å². The fraction of sp³-hybridized carbons (Fsp3) is 0.143. The van der Waals surface area contributed by atoms with Crippen LogP contribution in [0.15, 0.2) is 42.5 Å². The van der Waals surface area contributed by atoms with E-state index < -0.39 is 0 Å². The van der Waals surface area contributed by atoms with Crippen LogP contribution in [0.25, 0.3) is 6.08 Å². The summed E-state index contributed by atoms with van der Waals surface area (Å²) in [5.41, 5.74) is 6.99. The molecule has 1 heterocycles. The Kier molecular flexibility index (Phi) is 3.69. The van der Waals surface area contributed by atoms with Gasteiger partial charge in [-0.1, -0.05) is 24.3 Å². The minimum absolute atomic E-state index is 0.300. The molecule has 1 aliphatic rings.